The molecule has 0 bridgehead atoms. The topological polar surface area (TPSA) is 53.9 Å². The minimum Gasteiger partial charge on any atom is -0.390 e. The van der Waals surface area contributed by atoms with E-state index in [1.165, 1.54) is 12.1 Å². The molecule has 0 spiro atoms. The predicted molar refractivity (Wildman–Crippen MR) is 108 cm³/mol. The van der Waals surface area contributed by atoms with Crippen LogP contribution in [-0.4, -0.2) is 35.3 Å². The maximum atomic E-state index is 13.5. The van der Waals surface area contributed by atoms with E-state index in [0.29, 0.717) is 35.8 Å². The number of urea groups is 1. The van der Waals surface area contributed by atoms with Gasteiger partial charge in [0, 0.05) is 29.6 Å². The summed E-state index contributed by atoms with van der Waals surface area (Å²) >= 11 is 6.27. The van der Waals surface area contributed by atoms with Crippen LogP contribution in [-0.2, 0) is 11.4 Å². The average Bonchev–Trinajstić information content (AvgIpc) is 3.11. The van der Waals surface area contributed by atoms with Crippen molar-refractivity contribution < 1.29 is 14.0 Å². The van der Waals surface area contributed by atoms with Gasteiger partial charge in [0.2, 0.25) is 0 Å². The zero-order valence-corrected chi connectivity index (χ0v) is 16.6. The van der Waals surface area contributed by atoms with Gasteiger partial charge in [-0.05, 0) is 37.6 Å². The molecule has 1 unspecified atom stereocenters. The second-order valence-electron chi connectivity index (χ2n) is 7.06. The minimum atomic E-state index is -0.319. The molecule has 1 heterocycles. The molecule has 28 heavy (non-hydrogen) atoms. The number of hydrogen-bond acceptors (Lipinski definition) is 3. The fourth-order valence-corrected chi connectivity index (χ4v) is 3.20. The van der Waals surface area contributed by atoms with Gasteiger partial charge in [0.1, 0.15) is 5.82 Å². The van der Waals surface area contributed by atoms with Crippen molar-refractivity contribution in [3.05, 3.63) is 70.5 Å². The van der Waals surface area contributed by atoms with Crippen LogP contribution in [0.15, 0.2) is 53.7 Å². The van der Waals surface area contributed by atoms with Gasteiger partial charge in [0.05, 0.1) is 12.3 Å². The Morgan fingerprint density at radius 1 is 1.32 bits per heavy atom. The molecule has 1 N–H and O–H groups in total. The van der Waals surface area contributed by atoms with Crippen LogP contribution < -0.4 is 5.32 Å². The van der Waals surface area contributed by atoms with Gasteiger partial charge in [0.15, 0.2) is 6.10 Å². The first-order valence-electron chi connectivity index (χ1n) is 9.20. The summed E-state index contributed by atoms with van der Waals surface area (Å²) in [6.07, 6.45) is 0.191. The Bertz CT molecular complexity index is 872. The molecule has 2 aromatic rings. The summed E-state index contributed by atoms with van der Waals surface area (Å²) in [6, 6.07) is 13.5. The van der Waals surface area contributed by atoms with Crippen LogP contribution in [0.25, 0.3) is 0 Å². The van der Waals surface area contributed by atoms with Crippen molar-refractivity contribution in [1.29, 1.82) is 0 Å². The van der Waals surface area contributed by atoms with Crippen LogP contribution in [0, 0.1) is 5.82 Å². The van der Waals surface area contributed by atoms with Gasteiger partial charge in [-0.1, -0.05) is 47.1 Å². The van der Waals surface area contributed by atoms with Crippen molar-refractivity contribution in [2.24, 2.45) is 5.16 Å². The van der Waals surface area contributed by atoms with Crippen LogP contribution in [0.5, 0.6) is 0 Å². The molecule has 0 saturated carbocycles. The molecule has 0 radical (unpaired) electrons. The lowest BCUT2D eigenvalue weighted by atomic mass is 10.0. The van der Waals surface area contributed by atoms with Crippen molar-refractivity contribution in [1.82, 2.24) is 10.2 Å². The number of nitrogens with one attached hydrogen (secondary N) is 1. The molecular weight excluding hydrogens is 381 g/mol. The van der Waals surface area contributed by atoms with Crippen LogP contribution >= 0.6 is 11.6 Å². The number of carbonyl (C=O) groups excluding carboxylic acids is 1. The third-order valence-corrected chi connectivity index (χ3v) is 4.70. The van der Waals surface area contributed by atoms with Gasteiger partial charge in [0.25, 0.3) is 0 Å². The second-order valence-corrected chi connectivity index (χ2v) is 7.46. The van der Waals surface area contributed by atoms with E-state index in [1.54, 1.807) is 23.1 Å². The summed E-state index contributed by atoms with van der Waals surface area (Å²) in [5, 5.41) is 7.61. The Kier molecular flexibility index (Phi) is 6.52. The van der Waals surface area contributed by atoms with E-state index in [1.807, 2.05) is 32.0 Å². The monoisotopic (exact) mass is 403 g/mol. The van der Waals surface area contributed by atoms with Crippen molar-refractivity contribution in [3.8, 4) is 0 Å². The number of amides is 2. The molecular formula is C21H23ClFN3O2. The lowest BCUT2D eigenvalue weighted by Crippen LogP contribution is -2.45. The lowest BCUT2D eigenvalue weighted by molar-refractivity contribution is 0.0586. The number of rotatable bonds is 6. The molecule has 3 rings (SSSR count). The summed E-state index contributed by atoms with van der Waals surface area (Å²) in [7, 11) is 0. The van der Waals surface area contributed by atoms with Gasteiger partial charge in [-0.3, -0.25) is 0 Å². The van der Waals surface area contributed by atoms with Gasteiger partial charge in [-0.25, -0.2) is 9.18 Å². The zero-order valence-electron chi connectivity index (χ0n) is 15.9. The van der Waals surface area contributed by atoms with Gasteiger partial charge >= 0.3 is 6.03 Å². The van der Waals surface area contributed by atoms with Gasteiger partial charge < -0.3 is 15.1 Å². The lowest BCUT2D eigenvalue weighted by Gasteiger charge is -2.26. The molecule has 1 atom stereocenters. The molecule has 0 aromatic heterocycles. The fourth-order valence-electron chi connectivity index (χ4n) is 3.00. The highest BCUT2D eigenvalue weighted by Crippen LogP contribution is 2.21. The third kappa shape index (κ3) is 5.23. The molecule has 148 valence electrons. The summed E-state index contributed by atoms with van der Waals surface area (Å²) in [5.74, 6) is -0.319. The molecule has 2 amide bonds. The highest BCUT2D eigenvalue weighted by Gasteiger charge is 2.27. The van der Waals surface area contributed by atoms with Crippen LogP contribution in [0.4, 0.5) is 9.18 Å². The largest absolute Gasteiger partial charge is 0.390 e. The third-order valence-electron chi connectivity index (χ3n) is 4.33. The fraction of sp³-hybridized carbons (Fsp3) is 0.333. The summed E-state index contributed by atoms with van der Waals surface area (Å²) in [5.41, 5.74) is 2.21. The second kappa shape index (κ2) is 9.06. The van der Waals surface area contributed by atoms with E-state index in [-0.39, 0.29) is 24.0 Å². The quantitative estimate of drug-likeness (QED) is 0.766. The van der Waals surface area contributed by atoms with Crippen molar-refractivity contribution in [2.75, 3.05) is 6.54 Å². The van der Waals surface area contributed by atoms with Crippen molar-refractivity contribution >= 4 is 23.3 Å². The van der Waals surface area contributed by atoms with E-state index in [9.17, 15) is 9.18 Å². The van der Waals surface area contributed by atoms with Crippen molar-refractivity contribution in [2.45, 2.75) is 39.0 Å². The number of halogens is 2. The minimum absolute atomic E-state index is 0.00449. The normalized spacial score (nSPS) is 15.9. The Morgan fingerprint density at radius 2 is 2.11 bits per heavy atom. The van der Waals surface area contributed by atoms with Gasteiger partial charge in [-0.2, -0.15) is 0 Å². The Labute approximate surface area is 169 Å². The maximum Gasteiger partial charge on any atom is 0.318 e. The summed E-state index contributed by atoms with van der Waals surface area (Å²) in [6.45, 7) is 4.51. The first-order chi connectivity index (χ1) is 13.4. The summed E-state index contributed by atoms with van der Waals surface area (Å²) in [4.78, 5) is 19.9. The molecule has 1 aliphatic rings. The highest BCUT2D eigenvalue weighted by atomic mass is 35.5. The standard InChI is InChI=1S/C21H23ClFN3O2/c1-14(2)24-21(27)26(12-16-6-3-4-9-19(16)22)13-18-11-20(25-28-18)15-7-5-8-17(23)10-15/h3-10,14,18H,11-13H2,1-2H3,(H,24,27). The number of benzene rings is 2. The van der Waals surface area contributed by atoms with Crippen LogP contribution in [0.1, 0.15) is 31.4 Å². The molecule has 0 saturated heterocycles. The van der Waals surface area contributed by atoms with E-state index in [2.05, 4.69) is 10.5 Å². The first kappa shape index (κ1) is 20.1. The number of oxime groups is 1. The number of nitrogens with zero attached hydrogens (tertiary/aromatic N) is 2. The zero-order chi connectivity index (χ0) is 20.1. The van der Waals surface area contributed by atoms with E-state index in [4.69, 9.17) is 16.4 Å². The van der Waals surface area contributed by atoms with Crippen molar-refractivity contribution in [3.63, 3.8) is 0 Å². The van der Waals surface area contributed by atoms with Crippen LogP contribution in [0.3, 0.4) is 0 Å². The van der Waals surface area contributed by atoms with E-state index < -0.39 is 0 Å². The maximum absolute atomic E-state index is 13.5. The Hall–Kier alpha value is -2.60. The van der Waals surface area contributed by atoms with E-state index >= 15 is 0 Å². The SMILES string of the molecule is CC(C)NC(=O)N(Cc1ccccc1Cl)CC1CC(c2cccc(F)c2)=NO1. The predicted octanol–water partition coefficient (Wildman–Crippen LogP) is 4.59. The Morgan fingerprint density at radius 3 is 2.82 bits per heavy atom. The van der Waals surface area contributed by atoms with Gasteiger partial charge in [-0.15, -0.1) is 0 Å². The summed E-state index contributed by atoms with van der Waals surface area (Å²) < 4.78 is 13.5. The first-order valence-corrected chi connectivity index (χ1v) is 9.57. The molecule has 5 nitrogen and oxygen atoms in total. The smallest absolute Gasteiger partial charge is 0.318 e. The molecule has 2 aromatic carbocycles. The molecule has 0 aliphatic carbocycles. The molecule has 7 heteroatoms. The molecule has 1 aliphatic heterocycles. The van der Waals surface area contributed by atoms with Crippen LogP contribution in [0.2, 0.25) is 5.02 Å². The Balaban J connectivity index is 1.69. The number of hydrogen-bond donors (Lipinski definition) is 1. The van der Waals surface area contributed by atoms with E-state index in [0.717, 1.165) is 5.56 Å². The number of carbonyl (C=O) groups is 1. The average molecular weight is 404 g/mol. The molecule has 0 fully saturated rings. The highest BCUT2D eigenvalue weighted by molar-refractivity contribution is 6.31.